The molecule has 0 saturated heterocycles. The molecule has 0 spiro atoms. The smallest absolute Gasteiger partial charge is 0.328 e. The van der Waals surface area contributed by atoms with Gasteiger partial charge in [-0.1, -0.05) is 30.3 Å². The van der Waals surface area contributed by atoms with E-state index in [4.69, 9.17) is 12.0 Å². The van der Waals surface area contributed by atoms with Crippen molar-refractivity contribution in [1.29, 1.82) is 0 Å². The summed E-state index contributed by atoms with van der Waals surface area (Å²) in [5.41, 5.74) is -0.131. The molecule has 0 bridgehead atoms. The Labute approximate surface area is 71.8 Å². The Morgan fingerprint density at radius 2 is 2.55 bits per heavy atom. The Morgan fingerprint density at radius 1 is 1.73 bits per heavy atom. The fourth-order valence-corrected chi connectivity index (χ4v) is 0.505. The van der Waals surface area contributed by atoms with Crippen molar-refractivity contribution in [1.82, 2.24) is 0 Å². The van der Waals surface area contributed by atoms with Crippen molar-refractivity contribution < 1.29 is 16.8 Å². The molecule has 1 rings (SSSR count). The summed E-state index contributed by atoms with van der Waals surface area (Å²) >= 11 is 0. The lowest BCUT2D eigenvalue weighted by Crippen LogP contribution is -1.85. The lowest BCUT2D eigenvalue weighted by atomic mass is 10.2. The molecule has 0 heterocycles. The highest BCUT2D eigenvalue weighted by atomic mass is 16.4. The van der Waals surface area contributed by atoms with E-state index in [9.17, 15) is 4.79 Å². The van der Waals surface area contributed by atoms with Gasteiger partial charge in [-0.15, -0.1) is 0 Å². The van der Waals surface area contributed by atoms with E-state index < -0.39 is 24.1 Å². The standard InChI is InChI=1S/C9H8O2/c10-9(11)7-6-8-4-2-1-3-5-8/h1-7H,(H,10,11)/i1D,2D,4D,6D,7D. The summed E-state index contributed by atoms with van der Waals surface area (Å²) in [6.45, 7) is 0. The zero-order valence-corrected chi connectivity index (χ0v) is 5.51. The highest BCUT2D eigenvalue weighted by Gasteiger charge is 1.85. The van der Waals surface area contributed by atoms with E-state index in [0.29, 0.717) is 0 Å². The van der Waals surface area contributed by atoms with Crippen molar-refractivity contribution in [3.05, 3.63) is 41.9 Å². The molecule has 1 aromatic rings. The van der Waals surface area contributed by atoms with Gasteiger partial charge in [0.1, 0.15) is 0 Å². The lowest BCUT2D eigenvalue weighted by molar-refractivity contribution is -0.131. The molecule has 2 nitrogen and oxygen atoms in total. The first-order valence-electron chi connectivity index (χ1n) is 5.34. The second-order valence-electron chi connectivity index (χ2n) is 1.70. The molecule has 0 radical (unpaired) electrons. The van der Waals surface area contributed by atoms with Crippen LogP contribution in [0.2, 0.25) is 0 Å². The fourth-order valence-electron chi connectivity index (χ4n) is 0.505. The number of hydrogen-bond donors (Lipinski definition) is 1. The van der Waals surface area contributed by atoms with E-state index in [1.165, 1.54) is 12.1 Å². The Bertz CT molecular complexity index is 481. The van der Waals surface area contributed by atoms with Crippen molar-refractivity contribution >= 4 is 12.0 Å². The van der Waals surface area contributed by atoms with Crippen LogP contribution in [0.15, 0.2) is 36.3 Å². The molecule has 1 N–H and O–H groups in total. The Kier molecular flexibility index (Phi) is 1.04. The lowest BCUT2D eigenvalue weighted by Gasteiger charge is -1.87. The van der Waals surface area contributed by atoms with Gasteiger partial charge in [-0.2, -0.15) is 0 Å². The number of carbonyl (C=O) groups is 1. The fraction of sp³-hybridized carbons (Fsp3) is 0. The molecule has 0 aliphatic rings. The number of benzene rings is 1. The first-order valence-corrected chi connectivity index (χ1v) is 2.84. The van der Waals surface area contributed by atoms with E-state index >= 15 is 0 Å². The summed E-state index contributed by atoms with van der Waals surface area (Å²) in [5.74, 6) is -1.56. The van der Waals surface area contributed by atoms with Crippen LogP contribution in [-0.2, 0) is 4.79 Å². The summed E-state index contributed by atoms with van der Waals surface area (Å²) in [4.78, 5) is 10.5. The van der Waals surface area contributed by atoms with Gasteiger partial charge < -0.3 is 5.11 Å². The third-order valence-electron chi connectivity index (χ3n) is 0.907. The topological polar surface area (TPSA) is 37.3 Å². The molecule has 0 aliphatic carbocycles. The summed E-state index contributed by atoms with van der Waals surface area (Å²) in [6.07, 6.45) is 0. The van der Waals surface area contributed by atoms with E-state index in [1.807, 2.05) is 0 Å². The molecule has 0 unspecified atom stereocenters. The number of rotatable bonds is 2. The third-order valence-corrected chi connectivity index (χ3v) is 0.907. The highest BCUT2D eigenvalue weighted by molar-refractivity contribution is 5.85. The molecule has 0 fully saturated rings. The molecular formula is C9H8O2. The first kappa shape index (κ1) is 3.22. The molecule has 0 aliphatic heterocycles. The van der Waals surface area contributed by atoms with Gasteiger partial charge in [0, 0.05) is 6.05 Å². The van der Waals surface area contributed by atoms with Crippen LogP contribution in [-0.4, -0.2) is 11.1 Å². The maximum absolute atomic E-state index is 10.5. The molecule has 0 aromatic heterocycles. The molecule has 56 valence electrons. The van der Waals surface area contributed by atoms with Crippen LogP contribution < -0.4 is 0 Å². The summed E-state index contributed by atoms with van der Waals surface area (Å²) < 4.78 is 36.5. The van der Waals surface area contributed by atoms with Crippen LogP contribution in [0.5, 0.6) is 0 Å². The Hall–Kier alpha value is -1.57. The normalized spacial score (nSPS) is 18.4. The number of aliphatic carboxylic acids is 1. The van der Waals surface area contributed by atoms with Crippen LogP contribution >= 0.6 is 0 Å². The zero-order chi connectivity index (χ0) is 12.5. The van der Waals surface area contributed by atoms with Crippen molar-refractivity contribution in [3.8, 4) is 0 Å². The highest BCUT2D eigenvalue weighted by Crippen LogP contribution is 1.99. The number of hydrogen-bond acceptors (Lipinski definition) is 1. The minimum absolute atomic E-state index is 0.131. The van der Waals surface area contributed by atoms with Crippen LogP contribution in [0.1, 0.15) is 12.4 Å². The van der Waals surface area contributed by atoms with Crippen LogP contribution in [0.4, 0.5) is 0 Å². The third kappa shape index (κ3) is 2.67. The number of carboxylic acid groups (broad SMARTS) is 1. The minimum atomic E-state index is -1.56. The second-order valence-corrected chi connectivity index (χ2v) is 1.70. The molecule has 11 heavy (non-hydrogen) atoms. The second kappa shape index (κ2) is 3.56. The van der Waals surface area contributed by atoms with Gasteiger partial charge in [0.25, 0.3) is 0 Å². The summed E-state index contributed by atoms with van der Waals surface area (Å²) in [5, 5.41) is 8.52. The van der Waals surface area contributed by atoms with E-state index in [1.54, 1.807) is 0 Å². The largest absolute Gasteiger partial charge is 0.478 e. The van der Waals surface area contributed by atoms with Gasteiger partial charge in [-0.25, -0.2) is 4.79 Å². The van der Waals surface area contributed by atoms with Crippen molar-refractivity contribution in [3.63, 3.8) is 0 Å². The van der Waals surface area contributed by atoms with Crippen molar-refractivity contribution in [2.75, 3.05) is 0 Å². The molecule has 0 saturated carbocycles. The van der Waals surface area contributed by atoms with Gasteiger partial charge in [0.15, 0.2) is 0 Å². The molecule has 0 amide bonds. The summed E-state index contributed by atoms with van der Waals surface area (Å²) in [7, 11) is 0. The monoisotopic (exact) mass is 153 g/mol. The molecule has 0 atom stereocenters. The van der Waals surface area contributed by atoms with Crippen LogP contribution in [0.3, 0.4) is 0 Å². The quantitative estimate of drug-likeness (QED) is 0.657. The van der Waals surface area contributed by atoms with Crippen molar-refractivity contribution in [2.45, 2.75) is 0 Å². The maximum Gasteiger partial charge on any atom is 0.328 e. The predicted molar refractivity (Wildman–Crippen MR) is 43.1 cm³/mol. The SMILES string of the molecule is [2H]C(C(=O)O)=C([2H])c1ccc([2H])c([2H])c1[2H]. The van der Waals surface area contributed by atoms with Gasteiger partial charge in [0.05, 0.1) is 6.85 Å². The van der Waals surface area contributed by atoms with E-state index in [0.717, 1.165) is 0 Å². The molecule has 2 heteroatoms. The zero-order valence-electron chi connectivity index (χ0n) is 10.5. The molecule has 1 aromatic carbocycles. The number of carboxylic acids is 1. The van der Waals surface area contributed by atoms with Crippen molar-refractivity contribution in [2.24, 2.45) is 0 Å². The predicted octanol–water partition coefficient (Wildman–Crippen LogP) is 1.78. The Balaban J connectivity index is 3.42. The average molecular weight is 153 g/mol. The Morgan fingerprint density at radius 3 is 3.27 bits per heavy atom. The van der Waals surface area contributed by atoms with Crippen LogP contribution in [0.25, 0.3) is 6.05 Å². The minimum Gasteiger partial charge on any atom is -0.478 e. The average Bonchev–Trinajstić information content (AvgIpc) is 2.24. The summed E-state index contributed by atoms with van der Waals surface area (Å²) in [6, 6.07) is -0.161. The van der Waals surface area contributed by atoms with E-state index in [-0.39, 0.29) is 17.6 Å². The molecular weight excluding hydrogens is 140 g/mol. The first-order chi connectivity index (χ1) is 7.36. The maximum atomic E-state index is 10.5. The van der Waals surface area contributed by atoms with Crippen LogP contribution in [0, 0.1) is 0 Å². The van der Waals surface area contributed by atoms with Gasteiger partial charge >= 0.3 is 5.97 Å². The van der Waals surface area contributed by atoms with E-state index in [2.05, 4.69) is 0 Å². The van der Waals surface area contributed by atoms with Gasteiger partial charge in [-0.05, 0) is 11.6 Å². The van der Waals surface area contributed by atoms with Gasteiger partial charge in [-0.3, -0.25) is 0 Å². The van der Waals surface area contributed by atoms with Gasteiger partial charge in [0.2, 0.25) is 0 Å².